The van der Waals surface area contributed by atoms with Crippen LogP contribution in [0.4, 0.5) is 0 Å². The third-order valence-electron chi connectivity index (χ3n) is 1.62. The number of rotatable bonds is 7. The Hall–Kier alpha value is -1.39. The molecule has 0 aromatic heterocycles. The highest BCUT2D eigenvalue weighted by Gasteiger charge is 2.11. The zero-order chi connectivity index (χ0) is 11.7. The first-order valence-corrected chi connectivity index (χ1v) is 4.97. The van der Waals surface area contributed by atoms with Gasteiger partial charge in [-0.15, -0.1) is 0 Å². The summed E-state index contributed by atoms with van der Waals surface area (Å²) in [5.41, 5.74) is 0. The lowest BCUT2D eigenvalue weighted by molar-refractivity contribution is -0.154. The van der Waals surface area contributed by atoms with Crippen molar-refractivity contribution in [3.63, 3.8) is 0 Å². The molecule has 0 heterocycles. The van der Waals surface area contributed by atoms with Gasteiger partial charge in [0.05, 0.1) is 13.2 Å². The number of carbonyl (C=O) groups excluding carboxylic acids is 3. The molecule has 0 aliphatic carbocycles. The van der Waals surface area contributed by atoms with E-state index < -0.39 is 11.8 Å². The average molecular weight is 216 g/mol. The van der Waals surface area contributed by atoms with Gasteiger partial charge in [-0.25, -0.2) is 4.79 Å². The molecule has 0 unspecified atom stereocenters. The number of Topliss-reactive ketones (excluding diaryl/α,β-unsaturated/α-hetero) is 1. The maximum absolute atomic E-state index is 10.8. The summed E-state index contributed by atoms with van der Waals surface area (Å²) in [6.07, 6.45) is 0.881. The highest BCUT2D eigenvalue weighted by molar-refractivity contribution is 6.33. The zero-order valence-corrected chi connectivity index (χ0v) is 9.08. The van der Waals surface area contributed by atoms with E-state index in [1.54, 1.807) is 13.8 Å². The molecule has 5 heteroatoms. The largest absolute Gasteiger partial charge is 0.466 e. The fourth-order valence-electron chi connectivity index (χ4n) is 0.737. The van der Waals surface area contributed by atoms with Gasteiger partial charge in [0.1, 0.15) is 0 Å². The number of ether oxygens (including phenoxy) is 2. The van der Waals surface area contributed by atoms with Gasteiger partial charge < -0.3 is 9.47 Å². The van der Waals surface area contributed by atoms with Crippen LogP contribution in [-0.4, -0.2) is 30.9 Å². The molecule has 86 valence electrons. The van der Waals surface area contributed by atoms with E-state index in [1.165, 1.54) is 0 Å². The normalized spacial score (nSPS) is 9.47. The standard InChI is InChI=1S/C10H16O5/c1-3-8(11)10(13)15-7-5-6-14-9(12)4-2/h3-7H2,1-2H3. The first-order valence-electron chi connectivity index (χ1n) is 4.97. The molecule has 0 atom stereocenters. The van der Waals surface area contributed by atoms with Gasteiger partial charge >= 0.3 is 11.9 Å². The SMILES string of the molecule is CCC(=O)OCCCOC(=O)C(=O)CC. The van der Waals surface area contributed by atoms with Gasteiger partial charge in [0, 0.05) is 19.3 Å². The lowest BCUT2D eigenvalue weighted by Crippen LogP contribution is -2.17. The quantitative estimate of drug-likeness (QED) is 0.358. The van der Waals surface area contributed by atoms with Crippen LogP contribution in [0.3, 0.4) is 0 Å². The molecule has 0 aromatic rings. The van der Waals surface area contributed by atoms with Crippen molar-refractivity contribution in [1.29, 1.82) is 0 Å². The highest BCUT2D eigenvalue weighted by Crippen LogP contribution is 1.91. The molecule has 15 heavy (non-hydrogen) atoms. The van der Waals surface area contributed by atoms with Crippen LogP contribution in [0.5, 0.6) is 0 Å². The second kappa shape index (κ2) is 7.96. The van der Waals surface area contributed by atoms with Crippen LogP contribution in [0.1, 0.15) is 33.1 Å². The van der Waals surface area contributed by atoms with Gasteiger partial charge in [-0.05, 0) is 0 Å². The molecular formula is C10H16O5. The Bertz CT molecular complexity index is 234. The van der Waals surface area contributed by atoms with E-state index in [1.807, 2.05) is 0 Å². The lowest BCUT2D eigenvalue weighted by atomic mass is 10.3. The molecule has 0 fully saturated rings. The molecule has 0 aromatic carbocycles. The van der Waals surface area contributed by atoms with Gasteiger partial charge in [0.2, 0.25) is 5.78 Å². The number of carbonyl (C=O) groups is 3. The molecule has 0 radical (unpaired) electrons. The van der Waals surface area contributed by atoms with Crippen LogP contribution in [0, 0.1) is 0 Å². The minimum absolute atomic E-state index is 0.0988. The van der Waals surface area contributed by atoms with Crippen LogP contribution in [0.15, 0.2) is 0 Å². The molecule has 0 N–H and O–H groups in total. The maximum Gasteiger partial charge on any atom is 0.374 e. The Balaban J connectivity index is 3.43. The first kappa shape index (κ1) is 13.6. The van der Waals surface area contributed by atoms with Crippen molar-refractivity contribution in [1.82, 2.24) is 0 Å². The Morgan fingerprint density at radius 2 is 1.53 bits per heavy atom. The second-order valence-corrected chi connectivity index (χ2v) is 2.84. The molecule has 0 saturated carbocycles. The predicted molar refractivity (Wildman–Crippen MR) is 52.1 cm³/mol. The van der Waals surface area contributed by atoms with Crippen molar-refractivity contribution >= 4 is 17.7 Å². The molecule has 0 saturated heterocycles. The van der Waals surface area contributed by atoms with Gasteiger partial charge in [-0.1, -0.05) is 13.8 Å². The molecule has 0 amide bonds. The number of esters is 2. The van der Waals surface area contributed by atoms with Crippen LogP contribution in [0.25, 0.3) is 0 Å². The van der Waals surface area contributed by atoms with Gasteiger partial charge in [0.15, 0.2) is 0 Å². The first-order chi connectivity index (χ1) is 7.11. The van der Waals surface area contributed by atoms with Crippen LogP contribution in [-0.2, 0) is 23.9 Å². The van der Waals surface area contributed by atoms with Gasteiger partial charge in [0.25, 0.3) is 0 Å². The van der Waals surface area contributed by atoms with Crippen molar-refractivity contribution in [3.8, 4) is 0 Å². The number of hydrogen-bond donors (Lipinski definition) is 0. The van der Waals surface area contributed by atoms with Crippen molar-refractivity contribution in [3.05, 3.63) is 0 Å². The minimum Gasteiger partial charge on any atom is -0.466 e. The summed E-state index contributed by atoms with van der Waals surface area (Å²) in [6, 6.07) is 0. The number of hydrogen-bond acceptors (Lipinski definition) is 5. The molecule has 0 aliphatic rings. The summed E-state index contributed by atoms with van der Waals surface area (Å²) in [7, 11) is 0. The Labute approximate surface area is 88.7 Å². The highest BCUT2D eigenvalue weighted by atomic mass is 16.5. The third kappa shape index (κ3) is 6.65. The van der Waals surface area contributed by atoms with Crippen LogP contribution in [0.2, 0.25) is 0 Å². The van der Waals surface area contributed by atoms with Gasteiger partial charge in [-0.3, -0.25) is 9.59 Å². The average Bonchev–Trinajstić information content (AvgIpc) is 2.26. The van der Waals surface area contributed by atoms with E-state index in [-0.39, 0.29) is 25.6 Å². The van der Waals surface area contributed by atoms with Crippen LogP contribution < -0.4 is 0 Å². The van der Waals surface area contributed by atoms with Crippen molar-refractivity contribution in [2.24, 2.45) is 0 Å². The predicted octanol–water partition coefficient (Wildman–Crippen LogP) is 0.852. The summed E-state index contributed by atoms with van der Waals surface area (Å²) in [5, 5.41) is 0. The fraction of sp³-hybridized carbons (Fsp3) is 0.700. The Morgan fingerprint density at radius 3 is 2.07 bits per heavy atom. The van der Waals surface area contributed by atoms with E-state index in [0.717, 1.165) is 0 Å². The van der Waals surface area contributed by atoms with E-state index in [9.17, 15) is 14.4 Å². The van der Waals surface area contributed by atoms with E-state index in [4.69, 9.17) is 4.74 Å². The van der Waals surface area contributed by atoms with Crippen molar-refractivity contribution in [2.75, 3.05) is 13.2 Å². The summed E-state index contributed by atoms with van der Waals surface area (Å²) in [5.74, 6) is -1.65. The Morgan fingerprint density at radius 1 is 0.933 bits per heavy atom. The van der Waals surface area contributed by atoms with E-state index in [2.05, 4.69) is 4.74 Å². The van der Waals surface area contributed by atoms with Gasteiger partial charge in [-0.2, -0.15) is 0 Å². The molecular weight excluding hydrogens is 200 g/mol. The summed E-state index contributed by atoms with van der Waals surface area (Å²) < 4.78 is 9.38. The van der Waals surface area contributed by atoms with E-state index in [0.29, 0.717) is 12.8 Å². The Kier molecular flexibility index (Phi) is 7.23. The second-order valence-electron chi connectivity index (χ2n) is 2.84. The summed E-state index contributed by atoms with van der Waals surface area (Å²) in [4.78, 5) is 32.3. The van der Waals surface area contributed by atoms with Crippen LogP contribution >= 0.6 is 0 Å². The minimum atomic E-state index is -0.820. The van der Waals surface area contributed by atoms with E-state index >= 15 is 0 Å². The lowest BCUT2D eigenvalue weighted by Gasteiger charge is -2.04. The summed E-state index contributed by atoms with van der Waals surface area (Å²) >= 11 is 0. The molecule has 0 bridgehead atoms. The molecule has 5 nitrogen and oxygen atoms in total. The van der Waals surface area contributed by atoms with Crippen molar-refractivity contribution in [2.45, 2.75) is 33.1 Å². The topological polar surface area (TPSA) is 69.7 Å². The summed E-state index contributed by atoms with van der Waals surface area (Å²) in [6.45, 7) is 3.59. The molecule has 0 rings (SSSR count). The van der Waals surface area contributed by atoms with Crippen molar-refractivity contribution < 1.29 is 23.9 Å². The monoisotopic (exact) mass is 216 g/mol. The fourth-order valence-corrected chi connectivity index (χ4v) is 0.737. The number of ketones is 1. The smallest absolute Gasteiger partial charge is 0.374 e. The third-order valence-corrected chi connectivity index (χ3v) is 1.62. The molecule has 0 spiro atoms. The molecule has 0 aliphatic heterocycles. The zero-order valence-electron chi connectivity index (χ0n) is 9.08. The maximum atomic E-state index is 10.8.